The molecule has 4 rings (SSSR count). The van der Waals surface area contributed by atoms with E-state index >= 15 is 0 Å². The highest BCUT2D eigenvalue weighted by Crippen LogP contribution is 2.33. The number of ether oxygens (including phenoxy) is 2. The Bertz CT molecular complexity index is 825. The van der Waals surface area contributed by atoms with Gasteiger partial charge in [-0.2, -0.15) is 0 Å². The molecule has 0 N–H and O–H groups in total. The molecule has 0 saturated carbocycles. The zero-order valence-corrected chi connectivity index (χ0v) is 13.5. The minimum absolute atomic E-state index is 0.160. The third kappa shape index (κ3) is 3.06. The maximum atomic E-state index is 13.2. The van der Waals surface area contributed by atoms with Crippen LogP contribution < -0.4 is 14.4 Å². The second-order valence-corrected chi connectivity index (χ2v) is 5.71. The van der Waals surface area contributed by atoms with E-state index in [1.54, 1.807) is 4.90 Å². The van der Waals surface area contributed by atoms with Crippen molar-refractivity contribution in [3.05, 3.63) is 84.9 Å². The molecule has 3 aromatic carbocycles. The van der Waals surface area contributed by atoms with Crippen LogP contribution in [-0.2, 0) is 4.79 Å². The quantitative estimate of drug-likeness (QED) is 0.722. The van der Waals surface area contributed by atoms with Crippen molar-refractivity contribution in [2.45, 2.75) is 6.10 Å². The third-order valence-corrected chi connectivity index (χ3v) is 4.03. The minimum atomic E-state index is -0.699. The van der Waals surface area contributed by atoms with Crippen molar-refractivity contribution in [3.8, 4) is 11.5 Å². The molecule has 0 saturated heterocycles. The number of rotatable bonds is 3. The average Bonchev–Trinajstić information content (AvgIpc) is 2.69. The number of amides is 1. The van der Waals surface area contributed by atoms with Crippen LogP contribution in [0.15, 0.2) is 84.9 Å². The van der Waals surface area contributed by atoms with E-state index in [1.807, 2.05) is 84.9 Å². The second kappa shape index (κ2) is 6.69. The van der Waals surface area contributed by atoms with Crippen molar-refractivity contribution >= 4 is 17.3 Å². The molecule has 1 aliphatic rings. The first kappa shape index (κ1) is 15.3. The van der Waals surface area contributed by atoms with Gasteiger partial charge in [-0.05, 0) is 36.4 Å². The van der Waals surface area contributed by atoms with Crippen LogP contribution in [0.5, 0.6) is 11.5 Å². The second-order valence-electron chi connectivity index (χ2n) is 5.71. The maximum absolute atomic E-state index is 13.2. The van der Waals surface area contributed by atoms with Crippen molar-refractivity contribution in [3.63, 3.8) is 0 Å². The first-order chi connectivity index (χ1) is 12.3. The molecular weight excluding hydrogens is 314 g/mol. The molecule has 1 heterocycles. The Morgan fingerprint density at radius 1 is 0.760 bits per heavy atom. The molecule has 0 aliphatic carbocycles. The van der Waals surface area contributed by atoms with Gasteiger partial charge in [0.15, 0.2) is 11.5 Å². The molecule has 0 aromatic heterocycles. The molecule has 4 nitrogen and oxygen atoms in total. The Labute approximate surface area is 146 Å². The fourth-order valence-electron chi connectivity index (χ4n) is 2.84. The van der Waals surface area contributed by atoms with E-state index in [2.05, 4.69) is 0 Å². The number of carbonyl (C=O) groups excluding carboxylic acids is 1. The van der Waals surface area contributed by atoms with Crippen molar-refractivity contribution < 1.29 is 14.3 Å². The monoisotopic (exact) mass is 331 g/mol. The van der Waals surface area contributed by atoms with Crippen LogP contribution >= 0.6 is 0 Å². The number of hydrogen-bond donors (Lipinski definition) is 0. The van der Waals surface area contributed by atoms with E-state index in [0.29, 0.717) is 11.5 Å². The zero-order valence-electron chi connectivity index (χ0n) is 13.5. The van der Waals surface area contributed by atoms with Gasteiger partial charge in [-0.15, -0.1) is 0 Å². The van der Waals surface area contributed by atoms with Gasteiger partial charge >= 0.3 is 0 Å². The lowest BCUT2D eigenvalue weighted by molar-refractivity contribution is -0.126. The normalized spacial score (nSPS) is 15.4. The lowest BCUT2D eigenvalue weighted by atomic mass is 10.2. The van der Waals surface area contributed by atoms with Crippen LogP contribution in [0.2, 0.25) is 0 Å². The molecule has 0 radical (unpaired) electrons. The summed E-state index contributed by atoms with van der Waals surface area (Å²) in [6.07, 6.45) is -0.699. The molecule has 1 unspecified atom stereocenters. The lowest BCUT2D eigenvalue weighted by Crippen LogP contribution is -2.44. The molecule has 1 atom stereocenters. The molecule has 0 bridgehead atoms. The molecular formula is C21H17NO3. The summed E-state index contributed by atoms with van der Waals surface area (Å²) in [5.41, 5.74) is 1.59. The summed E-state index contributed by atoms with van der Waals surface area (Å²) < 4.78 is 11.6. The first-order valence-corrected chi connectivity index (χ1v) is 8.15. The van der Waals surface area contributed by atoms with E-state index in [4.69, 9.17) is 9.47 Å². The van der Waals surface area contributed by atoms with Crippen LogP contribution in [0.3, 0.4) is 0 Å². The highest BCUT2D eigenvalue weighted by Gasteiger charge is 2.32. The van der Waals surface area contributed by atoms with Crippen LogP contribution in [0.25, 0.3) is 0 Å². The molecule has 3 aromatic rings. The van der Waals surface area contributed by atoms with E-state index in [9.17, 15) is 4.79 Å². The standard InChI is InChI=1S/C21H17NO3/c23-21(20-15-24-18-13-7-8-14-19(18)25-20)22(16-9-3-1-4-10-16)17-11-5-2-6-12-17/h1-14,20H,15H2. The predicted molar refractivity (Wildman–Crippen MR) is 96.4 cm³/mol. The SMILES string of the molecule is O=C(C1COc2ccccc2O1)N(c1ccccc1)c1ccccc1. The van der Waals surface area contributed by atoms with E-state index in [-0.39, 0.29) is 12.5 Å². The fraction of sp³-hybridized carbons (Fsp3) is 0.0952. The van der Waals surface area contributed by atoms with Gasteiger partial charge in [-0.3, -0.25) is 9.69 Å². The largest absolute Gasteiger partial charge is 0.485 e. The van der Waals surface area contributed by atoms with Crippen molar-refractivity contribution in [1.82, 2.24) is 0 Å². The number of fused-ring (bicyclic) bond motifs is 1. The van der Waals surface area contributed by atoms with E-state index < -0.39 is 6.10 Å². The van der Waals surface area contributed by atoms with Crippen LogP contribution in [0.4, 0.5) is 11.4 Å². The highest BCUT2D eigenvalue weighted by atomic mass is 16.6. The number of benzene rings is 3. The van der Waals surface area contributed by atoms with Gasteiger partial charge in [0, 0.05) is 11.4 Å². The minimum Gasteiger partial charge on any atom is -0.485 e. The number of carbonyl (C=O) groups is 1. The highest BCUT2D eigenvalue weighted by molar-refractivity contribution is 6.03. The summed E-state index contributed by atoms with van der Waals surface area (Å²) in [5.74, 6) is 1.09. The predicted octanol–water partition coefficient (Wildman–Crippen LogP) is 4.19. The van der Waals surface area contributed by atoms with Crippen molar-refractivity contribution in [2.24, 2.45) is 0 Å². The van der Waals surface area contributed by atoms with Gasteiger partial charge < -0.3 is 9.47 Å². The summed E-state index contributed by atoms with van der Waals surface area (Å²) in [6, 6.07) is 26.5. The van der Waals surface area contributed by atoms with Crippen LogP contribution in [-0.4, -0.2) is 18.6 Å². The molecule has 0 spiro atoms. The lowest BCUT2D eigenvalue weighted by Gasteiger charge is -2.30. The summed E-state index contributed by atoms with van der Waals surface area (Å²) >= 11 is 0. The van der Waals surface area contributed by atoms with Crippen LogP contribution in [0.1, 0.15) is 0 Å². The number of nitrogens with zero attached hydrogens (tertiary/aromatic N) is 1. The average molecular weight is 331 g/mol. The van der Waals surface area contributed by atoms with Crippen molar-refractivity contribution in [2.75, 3.05) is 11.5 Å². The maximum Gasteiger partial charge on any atom is 0.276 e. The van der Waals surface area contributed by atoms with Gasteiger partial charge in [-0.25, -0.2) is 0 Å². The molecule has 4 heteroatoms. The Morgan fingerprint density at radius 2 is 1.28 bits per heavy atom. The smallest absolute Gasteiger partial charge is 0.276 e. The van der Waals surface area contributed by atoms with Gasteiger partial charge in [-0.1, -0.05) is 48.5 Å². The van der Waals surface area contributed by atoms with Gasteiger partial charge in [0.1, 0.15) is 6.61 Å². The van der Waals surface area contributed by atoms with Gasteiger partial charge in [0.05, 0.1) is 0 Å². The Balaban J connectivity index is 1.67. The summed E-state index contributed by atoms with van der Waals surface area (Å²) in [5, 5.41) is 0. The first-order valence-electron chi connectivity index (χ1n) is 8.15. The number of anilines is 2. The van der Waals surface area contributed by atoms with Crippen LogP contribution in [0, 0.1) is 0 Å². The zero-order chi connectivity index (χ0) is 17.1. The molecule has 1 amide bonds. The van der Waals surface area contributed by atoms with Gasteiger partial charge in [0.2, 0.25) is 6.10 Å². The number of hydrogen-bond acceptors (Lipinski definition) is 3. The summed E-state index contributed by atoms with van der Waals surface area (Å²) in [4.78, 5) is 14.9. The topological polar surface area (TPSA) is 38.8 Å². The summed E-state index contributed by atoms with van der Waals surface area (Å²) in [6.45, 7) is 0.187. The van der Waals surface area contributed by atoms with E-state index in [1.165, 1.54) is 0 Å². The molecule has 124 valence electrons. The third-order valence-electron chi connectivity index (χ3n) is 4.03. The molecule has 0 fully saturated rings. The van der Waals surface area contributed by atoms with Gasteiger partial charge in [0.25, 0.3) is 5.91 Å². The Kier molecular flexibility index (Phi) is 4.09. The Hall–Kier alpha value is -3.27. The molecule has 1 aliphatic heterocycles. The summed E-state index contributed by atoms with van der Waals surface area (Å²) in [7, 11) is 0. The fourth-order valence-corrected chi connectivity index (χ4v) is 2.84. The van der Waals surface area contributed by atoms with Crippen molar-refractivity contribution in [1.29, 1.82) is 0 Å². The Morgan fingerprint density at radius 3 is 1.88 bits per heavy atom. The molecule has 25 heavy (non-hydrogen) atoms. The van der Waals surface area contributed by atoms with E-state index in [0.717, 1.165) is 11.4 Å². The number of para-hydroxylation sites is 4.